The van der Waals surface area contributed by atoms with Crippen LogP contribution in [-0.2, 0) is 14.3 Å². The highest BCUT2D eigenvalue weighted by atomic mass is 32.2. The number of carbonyl (C=O) groups excluding carboxylic acids is 3. The molecule has 0 saturated carbocycles. The molecule has 0 heterocycles. The number of unbranched alkanes of at least 4 members (excludes halogenated alkanes) is 6. The van der Waals surface area contributed by atoms with Gasteiger partial charge in [0.15, 0.2) is 0 Å². The molecule has 0 spiro atoms. The number of rotatable bonds is 18. The van der Waals surface area contributed by atoms with Crippen molar-refractivity contribution in [3.05, 3.63) is 34.9 Å². The van der Waals surface area contributed by atoms with Gasteiger partial charge in [0.1, 0.15) is 17.7 Å². The van der Waals surface area contributed by atoms with Gasteiger partial charge in [-0.3, -0.25) is 9.59 Å². The topological polar surface area (TPSA) is 87.7 Å². The molecule has 0 radical (unpaired) electrons. The van der Waals surface area contributed by atoms with Gasteiger partial charge in [0, 0.05) is 13.1 Å². The molecule has 2 unspecified atom stereocenters. The smallest absolute Gasteiger partial charge is 0.408 e. The number of thioether (sulfide) groups is 1. The number of nitrogens with zero attached hydrogens (tertiary/aromatic N) is 1. The number of alkyl carbamates (subject to hydrolysis) is 1. The molecule has 8 heteroatoms. The molecule has 228 valence electrons. The molecule has 1 aromatic carbocycles. The quantitative estimate of drug-likeness (QED) is 0.182. The summed E-state index contributed by atoms with van der Waals surface area (Å²) in [6.45, 7) is 14.7. The SMILES string of the molecule is CCCCCCCN(C(=O)C(CCSC)NC(=O)OC(C)(C)C)C(C(=O)NCCCCC)c1cccc(C)c1C. The second-order valence-corrected chi connectivity index (χ2v) is 12.6. The van der Waals surface area contributed by atoms with Gasteiger partial charge in [-0.25, -0.2) is 4.79 Å². The van der Waals surface area contributed by atoms with E-state index < -0.39 is 23.8 Å². The first kappa shape index (κ1) is 35.8. The molecule has 3 amide bonds. The molecule has 1 aromatic rings. The van der Waals surface area contributed by atoms with Crippen molar-refractivity contribution in [3.8, 4) is 0 Å². The molecule has 40 heavy (non-hydrogen) atoms. The van der Waals surface area contributed by atoms with Crippen LogP contribution >= 0.6 is 11.8 Å². The van der Waals surface area contributed by atoms with Crippen molar-refractivity contribution in [2.24, 2.45) is 0 Å². The highest BCUT2D eigenvalue weighted by molar-refractivity contribution is 7.98. The van der Waals surface area contributed by atoms with Crippen molar-refractivity contribution < 1.29 is 19.1 Å². The van der Waals surface area contributed by atoms with Gasteiger partial charge in [-0.05, 0) is 82.6 Å². The van der Waals surface area contributed by atoms with Gasteiger partial charge >= 0.3 is 6.09 Å². The molecule has 0 aliphatic heterocycles. The summed E-state index contributed by atoms with van der Waals surface area (Å²) in [6.07, 6.45) is 9.91. The average molecular weight is 578 g/mol. The van der Waals surface area contributed by atoms with Crippen LogP contribution in [0, 0.1) is 13.8 Å². The highest BCUT2D eigenvalue weighted by Gasteiger charge is 2.36. The van der Waals surface area contributed by atoms with Crippen LogP contribution in [0.5, 0.6) is 0 Å². The van der Waals surface area contributed by atoms with E-state index in [1.54, 1.807) is 37.4 Å². The molecule has 0 aliphatic rings. The van der Waals surface area contributed by atoms with E-state index in [1.807, 2.05) is 38.3 Å². The zero-order chi connectivity index (χ0) is 30.1. The lowest BCUT2D eigenvalue weighted by molar-refractivity contribution is -0.142. The molecule has 0 aliphatic carbocycles. The fourth-order valence-corrected chi connectivity index (χ4v) is 5.07. The van der Waals surface area contributed by atoms with Gasteiger partial charge in [0.05, 0.1) is 0 Å². The van der Waals surface area contributed by atoms with E-state index in [1.165, 1.54) is 0 Å². The monoisotopic (exact) mass is 577 g/mol. The van der Waals surface area contributed by atoms with Gasteiger partial charge in [0.2, 0.25) is 11.8 Å². The fraction of sp³-hybridized carbons (Fsp3) is 0.719. The lowest BCUT2D eigenvalue weighted by atomic mass is 9.94. The number of ether oxygens (including phenoxy) is 1. The van der Waals surface area contributed by atoms with Crippen LogP contribution in [0.1, 0.15) is 115 Å². The summed E-state index contributed by atoms with van der Waals surface area (Å²) in [4.78, 5) is 42.7. The standard InChI is InChI=1S/C32H55N3O4S/c1-9-11-13-14-16-22-35(30(37)27(20-23-40-8)34-31(38)39-32(5,6)7)28(29(36)33-21-15-12-10-2)26-19-17-18-24(3)25(26)4/h17-19,27-28H,9-16,20-23H2,1-8H3,(H,33,36)(H,34,38). The third-order valence-corrected chi connectivity index (χ3v) is 7.61. The van der Waals surface area contributed by atoms with Crippen LogP contribution in [-0.4, -0.2) is 59.5 Å². The van der Waals surface area contributed by atoms with E-state index in [0.717, 1.165) is 68.1 Å². The summed E-state index contributed by atoms with van der Waals surface area (Å²) < 4.78 is 5.50. The molecule has 0 aromatic heterocycles. The van der Waals surface area contributed by atoms with E-state index in [4.69, 9.17) is 4.74 Å². The third-order valence-electron chi connectivity index (χ3n) is 6.97. The highest BCUT2D eigenvalue weighted by Crippen LogP contribution is 2.28. The maximum Gasteiger partial charge on any atom is 0.408 e. The van der Waals surface area contributed by atoms with Crippen molar-refractivity contribution in [1.29, 1.82) is 0 Å². The van der Waals surface area contributed by atoms with Gasteiger partial charge in [-0.1, -0.05) is 70.6 Å². The predicted molar refractivity (Wildman–Crippen MR) is 168 cm³/mol. The normalized spacial score (nSPS) is 12.9. The third kappa shape index (κ3) is 13.0. The summed E-state index contributed by atoms with van der Waals surface area (Å²) in [5, 5.41) is 5.95. The zero-order valence-corrected chi connectivity index (χ0v) is 27.2. The molecule has 2 N–H and O–H groups in total. The Bertz CT molecular complexity index is 916. The first-order valence-electron chi connectivity index (χ1n) is 15.1. The molecule has 7 nitrogen and oxygen atoms in total. The number of hydrogen-bond acceptors (Lipinski definition) is 5. The Hall–Kier alpha value is -2.22. The molecule has 0 fully saturated rings. The van der Waals surface area contributed by atoms with E-state index in [-0.39, 0.29) is 11.8 Å². The van der Waals surface area contributed by atoms with Gasteiger partial charge in [0.25, 0.3) is 0 Å². The summed E-state index contributed by atoms with van der Waals surface area (Å²) in [7, 11) is 0. The van der Waals surface area contributed by atoms with Crippen LogP contribution in [0.25, 0.3) is 0 Å². The number of nitrogens with one attached hydrogen (secondary N) is 2. The van der Waals surface area contributed by atoms with Crippen LogP contribution in [0.3, 0.4) is 0 Å². The lowest BCUT2D eigenvalue weighted by Crippen LogP contribution is -2.53. The van der Waals surface area contributed by atoms with Crippen LogP contribution in [0.2, 0.25) is 0 Å². The first-order chi connectivity index (χ1) is 19.0. The number of amides is 3. The van der Waals surface area contributed by atoms with Crippen molar-refractivity contribution in [3.63, 3.8) is 0 Å². The van der Waals surface area contributed by atoms with Crippen molar-refractivity contribution in [2.75, 3.05) is 25.1 Å². The van der Waals surface area contributed by atoms with Crippen molar-refractivity contribution in [2.45, 2.75) is 124 Å². The molecule has 0 bridgehead atoms. The van der Waals surface area contributed by atoms with E-state index in [9.17, 15) is 14.4 Å². The zero-order valence-electron chi connectivity index (χ0n) is 26.4. The predicted octanol–water partition coefficient (Wildman–Crippen LogP) is 7.10. The minimum atomic E-state index is -0.793. The number of carbonyl (C=O) groups is 3. The number of aryl methyl sites for hydroxylation is 1. The maximum absolute atomic E-state index is 14.3. The Morgan fingerprint density at radius 2 is 1.62 bits per heavy atom. The van der Waals surface area contributed by atoms with Crippen molar-refractivity contribution in [1.82, 2.24) is 15.5 Å². The largest absolute Gasteiger partial charge is 0.444 e. The Morgan fingerprint density at radius 3 is 2.25 bits per heavy atom. The molecule has 1 rings (SSSR count). The molecular weight excluding hydrogens is 522 g/mol. The van der Waals surface area contributed by atoms with Crippen LogP contribution in [0.15, 0.2) is 18.2 Å². The minimum Gasteiger partial charge on any atom is -0.444 e. The Balaban J connectivity index is 3.48. The van der Waals surface area contributed by atoms with Gasteiger partial charge in [-0.2, -0.15) is 11.8 Å². The summed E-state index contributed by atoms with van der Waals surface area (Å²) in [6, 6.07) is 4.35. The molecule has 0 saturated heterocycles. The summed E-state index contributed by atoms with van der Waals surface area (Å²) in [5.41, 5.74) is 2.22. The number of hydrogen-bond donors (Lipinski definition) is 2. The van der Waals surface area contributed by atoms with Crippen LogP contribution < -0.4 is 10.6 Å². The summed E-state index contributed by atoms with van der Waals surface area (Å²) in [5.74, 6) is 0.270. The number of benzene rings is 1. The van der Waals surface area contributed by atoms with E-state index >= 15 is 0 Å². The second-order valence-electron chi connectivity index (χ2n) is 11.6. The second kappa shape index (κ2) is 19.0. The Labute approximate surface area is 248 Å². The Morgan fingerprint density at radius 1 is 0.975 bits per heavy atom. The Kier molecular flexibility index (Phi) is 17.0. The summed E-state index contributed by atoms with van der Waals surface area (Å²) >= 11 is 1.62. The molecule has 2 atom stereocenters. The van der Waals surface area contributed by atoms with Crippen molar-refractivity contribution >= 4 is 29.7 Å². The lowest BCUT2D eigenvalue weighted by Gasteiger charge is -2.35. The first-order valence-corrected chi connectivity index (χ1v) is 16.5. The van der Waals surface area contributed by atoms with Gasteiger partial charge in [-0.15, -0.1) is 0 Å². The molecular formula is C32H55N3O4S. The maximum atomic E-state index is 14.3. The van der Waals surface area contributed by atoms with E-state index in [0.29, 0.717) is 25.3 Å². The van der Waals surface area contributed by atoms with E-state index in [2.05, 4.69) is 24.5 Å². The minimum absolute atomic E-state index is 0.174. The fourth-order valence-electron chi connectivity index (χ4n) is 4.60. The average Bonchev–Trinajstić information content (AvgIpc) is 2.88. The van der Waals surface area contributed by atoms with Gasteiger partial charge < -0.3 is 20.3 Å². The van der Waals surface area contributed by atoms with Crippen LogP contribution in [0.4, 0.5) is 4.79 Å².